The van der Waals surface area contributed by atoms with Crippen molar-refractivity contribution in [1.29, 1.82) is 0 Å². The molecule has 0 radical (unpaired) electrons. The molecule has 1 aromatic heterocycles. The molecule has 1 amide bonds. The Morgan fingerprint density at radius 3 is 2.53 bits per heavy atom. The number of hydrogen-bond donors (Lipinski definition) is 1. The second kappa shape index (κ2) is 5.02. The lowest BCUT2D eigenvalue weighted by Gasteiger charge is -2.08. The van der Waals surface area contributed by atoms with Gasteiger partial charge in [-0.25, -0.2) is 0 Å². The first-order chi connectivity index (χ1) is 9.22. The molecule has 19 heavy (non-hydrogen) atoms. The predicted molar refractivity (Wildman–Crippen MR) is 75.1 cm³/mol. The Kier molecular flexibility index (Phi) is 3.22. The lowest BCUT2D eigenvalue weighted by atomic mass is 9.96. The van der Waals surface area contributed by atoms with Gasteiger partial charge in [0, 0.05) is 30.6 Å². The number of nitrogens with zero attached hydrogens (tertiary/aromatic N) is 1. The summed E-state index contributed by atoms with van der Waals surface area (Å²) in [5, 5.41) is 3.49. The molecule has 1 aliphatic rings. The summed E-state index contributed by atoms with van der Waals surface area (Å²) < 4.78 is 0. The van der Waals surface area contributed by atoms with Gasteiger partial charge in [0.25, 0.3) is 0 Å². The van der Waals surface area contributed by atoms with Gasteiger partial charge in [-0.1, -0.05) is 35.9 Å². The zero-order valence-electron chi connectivity index (χ0n) is 10.3. The van der Waals surface area contributed by atoms with Crippen molar-refractivity contribution in [3.63, 3.8) is 0 Å². The smallest absolute Gasteiger partial charge is 0.220 e. The molecule has 0 bridgehead atoms. The molecule has 1 aliphatic heterocycles. The topological polar surface area (TPSA) is 42.0 Å². The summed E-state index contributed by atoms with van der Waals surface area (Å²) in [5.74, 6) is 0.424. The number of benzene rings is 1. The molecule has 1 saturated heterocycles. The fourth-order valence-electron chi connectivity index (χ4n) is 2.31. The van der Waals surface area contributed by atoms with E-state index in [1.807, 2.05) is 24.3 Å². The second-order valence-corrected chi connectivity index (χ2v) is 5.13. The third-order valence-electron chi connectivity index (χ3n) is 3.38. The predicted octanol–water partition coefficient (Wildman–Crippen LogP) is 3.01. The van der Waals surface area contributed by atoms with Crippen LogP contribution in [0.25, 0.3) is 11.3 Å². The van der Waals surface area contributed by atoms with Gasteiger partial charge in [-0.2, -0.15) is 0 Å². The van der Waals surface area contributed by atoms with Crippen molar-refractivity contribution in [2.45, 2.75) is 12.3 Å². The van der Waals surface area contributed by atoms with E-state index in [-0.39, 0.29) is 5.91 Å². The highest BCUT2D eigenvalue weighted by atomic mass is 35.5. The SMILES string of the molecule is O=C1CC(c2ccc(-c3ccc(Cl)cn3)cc2)CN1. The van der Waals surface area contributed by atoms with Crippen LogP contribution < -0.4 is 5.32 Å². The number of rotatable bonds is 2. The number of carbonyl (C=O) groups is 1. The highest BCUT2D eigenvalue weighted by molar-refractivity contribution is 6.30. The summed E-state index contributed by atoms with van der Waals surface area (Å²) in [5.41, 5.74) is 3.14. The monoisotopic (exact) mass is 272 g/mol. The summed E-state index contributed by atoms with van der Waals surface area (Å²) in [6, 6.07) is 11.9. The summed E-state index contributed by atoms with van der Waals surface area (Å²) in [6.45, 7) is 0.734. The Morgan fingerprint density at radius 2 is 1.95 bits per heavy atom. The Labute approximate surface area is 116 Å². The van der Waals surface area contributed by atoms with Gasteiger partial charge in [0.2, 0.25) is 5.91 Å². The molecule has 3 nitrogen and oxygen atoms in total. The molecule has 3 rings (SSSR count). The maximum atomic E-state index is 11.2. The van der Waals surface area contributed by atoms with Gasteiger partial charge in [0.1, 0.15) is 0 Å². The van der Waals surface area contributed by atoms with Gasteiger partial charge in [-0.3, -0.25) is 9.78 Å². The van der Waals surface area contributed by atoms with E-state index < -0.39 is 0 Å². The van der Waals surface area contributed by atoms with Gasteiger partial charge >= 0.3 is 0 Å². The number of pyridine rings is 1. The van der Waals surface area contributed by atoms with Crippen molar-refractivity contribution in [2.24, 2.45) is 0 Å². The van der Waals surface area contributed by atoms with E-state index in [4.69, 9.17) is 11.6 Å². The number of carbonyl (C=O) groups excluding carboxylic acids is 1. The zero-order valence-corrected chi connectivity index (χ0v) is 11.0. The van der Waals surface area contributed by atoms with Crippen LogP contribution in [0.1, 0.15) is 17.9 Å². The Balaban J connectivity index is 1.82. The summed E-state index contributed by atoms with van der Waals surface area (Å²) in [6.07, 6.45) is 2.23. The van der Waals surface area contributed by atoms with Crippen LogP contribution in [0.4, 0.5) is 0 Å². The van der Waals surface area contributed by atoms with Crippen LogP contribution in [0, 0.1) is 0 Å². The minimum atomic E-state index is 0.133. The third kappa shape index (κ3) is 2.61. The molecule has 96 valence electrons. The van der Waals surface area contributed by atoms with E-state index in [1.54, 1.807) is 6.20 Å². The summed E-state index contributed by atoms with van der Waals surface area (Å²) in [7, 11) is 0. The maximum Gasteiger partial charge on any atom is 0.220 e. The highest BCUT2D eigenvalue weighted by Gasteiger charge is 2.22. The lowest BCUT2D eigenvalue weighted by Crippen LogP contribution is -2.13. The second-order valence-electron chi connectivity index (χ2n) is 4.69. The summed E-state index contributed by atoms with van der Waals surface area (Å²) in [4.78, 5) is 15.5. The van der Waals surface area contributed by atoms with Crippen LogP contribution >= 0.6 is 11.6 Å². The first kappa shape index (κ1) is 12.2. The molecule has 4 heteroatoms. The highest BCUT2D eigenvalue weighted by Crippen LogP contribution is 2.26. The largest absolute Gasteiger partial charge is 0.355 e. The van der Waals surface area contributed by atoms with Crippen LogP contribution in [0.3, 0.4) is 0 Å². The quantitative estimate of drug-likeness (QED) is 0.913. The first-order valence-corrected chi connectivity index (χ1v) is 6.59. The maximum absolute atomic E-state index is 11.2. The van der Waals surface area contributed by atoms with Crippen LogP contribution in [-0.4, -0.2) is 17.4 Å². The minimum Gasteiger partial charge on any atom is -0.355 e. The molecule has 0 aliphatic carbocycles. The van der Waals surface area contributed by atoms with Gasteiger partial charge in [0.05, 0.1) is 10.7 Å². The van der Waals surface area contributed by atoms with Crippen molar-refractivity contribution in [2.75, 3.05) is 6.54 Å². The molecule has 0 saturated carbocycles. The molecular formula is C15H13ClN2O. The van der Waals surface area contributed by atoms with Crippen LogP contribution in [0.15, 0.2) is 42.6 Å². The van der Waals surface area contributed by atoms with E-state index in [9.17, 15) is 4.79 Å². The minimum absolute atomic E-state index is 0.133. The number of aromatic nitrogens is 1. The van der Waals surface area contributed by atoms with E-state index >= 15 is 0 Å². The van der Waals surface area contributed by atoms with Crippen molar-refractivity contribution in [3.8, 4) is 11.3 Å². The number of amides is 1. The number of halogens is 1. The van der Waals surface area contributed by atoms with Gasteiger partial charge in [0.15, 0.2) is 0 Å². The van der Waals surface area contributed by atoms with E-state index in [2.05, 4.69) is 22.4 Å². The third-order valence-corrected chi connectivity index (χ3v) is 3.61. The molecule has 1 N–H and O–H groups in total. The number of hydrogen-bond acceptors (Lipinski definition) is 2. The molecule has 2 aromatic rings. The fourth-order valence-corrected chi connectivity index (χ4v) is 2.43. The van der Waals surface area contributed by atoms with E-state index in [1.165, 1.54) is 5.56 Å². The van der Waals surface area contributed by atoms with E-state index in [0.717, 1.165) is 17.8 Å². The average Bonchev–Trinajstić information content (AvgIpc) is 2.87. The van der Waals surface area contributed by atoms with Crippen LogP contribution in [0.2, 0.25) is 5.02 Å². The van der Waals surface area contributed by atoms with Gasteiger partial charge in [-0.05, 0) is 17.7 Å². The molecule has 1 atom stereocenters. The molecule has 1 aromatic carbocycles. The Hall–Kier alpha value is -1.87. The Bertz CT molecular complexity index is 593. The lowest BCUT2D eigenvalue weighted by molar-refractivity contribution is -0.119. The van der Waals surface area contributed by atoms with Crippen LogP contribution in [0.5, 0.6) is 0 Å². The summed E-state index contributed by atoms with van der Waals surface area (Å²) >= 11 is 5.82. The fraction of sp³-hybridized carbons (Fsp3) is 0.200. The first-order valence-electron chi connectivity index (χ1n) is 6.21. The Morgan fingerprint density at radius 1 is 1.16 bits per heavy atom. The standard InChI is InChI=1S/C15H13ClN2O/c16-13-5-6-14(17-9-13)11-3-1-10(2-4-11)12-7-15(19)18-8-12/h1-6,9,12H,7-8H2,(H,18,19). The van der Waals surface area contributed by atoms with Crippen molar-refractivity contribution in [3.05, 3.63) is 53.2 Å². The average molecular weight is 273 g/mol. The van der Waals surface area contributed by atoms with Gasteiger partial charge in [-0.15, -0.1) is 0 Å². The van der Waals surface area contributed by atoms with E-state index in [0.29, 0.717) is 17.4 Å². The molecule has 0 spiro atoms. The zero-order chi connectivity index (χ0) is 13.2. The molecule has 2 heterocycles. The van der Waals surface area contributed by atoms with Crippen molar-refractivity contribution < 1.29 is 4.79 Å². The van der Waals surface area contributed by atoms with Crippen LogP contribution in [-0.2, 0) is 4.79 Å². The van der Waals surface area contributed by atoms with Crippen molar-refractivity contribution in [1.82, 2.24) is 10.3 Å². The molecular weight excluding hydrogens is 260 g/mol. The molecule has 1 unspecified atom stereocenters. The number of nitrogens with one attached hydrogen (secondary N) is 1. The molecule has 1 fully saturated rings. The normalized spacial score (nSPS) is 18.4. The van der Waals surface area contributed by atoms with Crippen molar-refractivity contribution >= 4 is 17.5 Å². The van der Waals surface area contributed by atoms with Gasteiger partial charge < -0.3 is 5.32 Å².